The molecule has 0 saturated heterocycles. The highest BCUT2D eigenvalue weighted by Crippen LogP contribution is 2.12. The number of hydrogen-bond donors (Lipinski definition) is 1. The standard InChI is InChI=1S/C12H19NO.C9H18O2.C6H15N/c1-2-3-10-14-12-6-4-11(5-7-12)8-9-13;1-11-9-7-5-3-2-4-6-8-10;1-4-6-7(3)5-2/h4-7H,2-3,8-10,13H2,1H3;8H,2-7,9H2,1H3;4-6H2,1-3H3. The van der Waals surface area contributed by atoms with Crippen molar-refractivity contribution in [2.24, 2.45) is 5.73 Å². The van der Waals surface area contributed by atoms with Crippen molar-refractivity contribution in [3.05, 3.63) is 29.8 Å². The zero-order valence-corrected chi connectivity index (χ0v) is 21.7. The minimum Gasteiger partial charge on any atom is -0.494 e. The molecule has 0 bridgehead atoms. The Labute approximate surface area is 199 Å². The van der Waals surface area contributed by atoms with Crippen LogP contribution in [-0.4, -0.2) is 58.2 Å². The topological polar surface area (TPSA) is 64.8 Å². The van der Waals surface area contributed by atoms with Crippen molar-refractivity contribution in [1.82, 2.24) is 4.90 Å². The van der Waals surface area contributed by atoms with Gasteiger partial charge >= 0.3 is 0 Å². The SMILES string of the molecule is CCCCOc1ccc(CCN)cc1.CCCN(C)CC.COCCCCCCCC=O. The lowest BCUT2D eigenvalue weighted by Gasteiger charge is -2.10. The van der Waals surface area contributed by atoms with Gasteiger partial charge in [-0.15, -0.1) is 0 Å². The number of carbonyl (C=O) groups excluding carboxylic acids is 1. The Morgan fingerprint density at radius 2 is 1.56 bits per heavy atom. The molecule has 0 aliphatic rings. The van der Waals surface area contributed by atoms with E-state index in [-0.39, 0.29) is 0 Å². The Morgan fingerprint density at radius 1 is 0.906 bits per heavy atom. The summed E-state index contributed by atoms with van der Waals surface area (Å²) in [7, 11) is 3.87. The quantitative estimate of drug-likeness (QED) is 0.236. The summed E-state index contributed by atoms with van der Waals surface area (Å²) in [4.78, 5) is 12.2. The maximum absolute atomic E-state index is 9.92. The molecule has 0 aliphatic heterocycles. The van der Waals surface area contributed by atoms with Crippen molar-refractivity contribution < 1.29 is 14.3 Å². The van der Waals surface area contributed by atoms with Crippen LogP contribution in [0.15, 0.2) is 24.3 Å². The minimum atomic E-state index is 0.704. The Kier molecular flexibility index (Phi) is 28.2. The molecule has 0 amide bonds. The molecule has 0 fully saturated rings. The first kappa shape index (κ1) is 32.7. The first-order valence-electron chi connectivity index (χ1n) is 12.6. The van der Waals surface area contributed by atoms with Crippen LogP contribution in [0.3, 0.4) is 0 Å². The van der Waals surface area contributed by atoms with E-state index in [1.807, 2.05) is 12.1 Å². The number of benzene rings is 1. The van der Waals surface area contributed by atoms with Gasteiger partial charge in [-0.2, -0.15) is 0 Å². The van der Waals surface area contributed by atoms with E-state index in [9.17, 15) is 4.79 Å². The van der Waals surface area contributed by atoms with Crippen molar-refractivity contribution in [2.45, 2.75) is 85.0 Å². The van der Waals surface area contributed by atoms with Gasteiger partial charge in [-0.05, 0) is 76.5 Å². The van der Waals surface area contributed by atoms with Gasteiger partial charge in [-0.3, -0.25) is 0 Å². The molecule has 0 aliphatic carbocycles. The summed E-state index contributed by atoms with van der Waals surface area (Å²) in [6.45, 7) is 11.3. The van der Waals surface area contributed by atoms with Gasteiger partial charge in [0.15, 0.2) is 0 Å². The Balaban J connectivity index is 0. The monoisotopic (exact) mass is 452 g/mol. The third kappa shape index (κ3) is 24.8. The number of rotatable bonds is 17. The molecule has 5 heteroatoms. The van der Waals surface area contributed by atoms with Gasteiger partial charge < -0.3 is 24.9 Å². The summed E-state index contributed by atoms with van der Waals surface area (Å²) in [5.74, 6) is 0.958. The highest BCUT2D eigenvalue weighted by Gasteiger charge is 1.94. The molecule has 0 saturated carbocycles. The van der Waals surface area contributed by atoms with Crippen LogP contribution < -0.4 is 10.5 Å². The lowest BCUT2D eigenvalue weighted by molar-refractivity contribution is -0.107. The Morgan fingerprint density at radius 3 is 2.06 bits per heavy atom. The van der Waals surface area contributed by atoms with Gasteiger partial charge in [0.05, 0.1) is 6.61 Å². The van der Waals surface area contributed by atoms with Crippen LogP contribution in [-0.2, 0) is 16.0 Å². The van der Waals surface area contributed by atoms with Crippen LogP contribution in [0.25, 0.3) is 0 Å². The summed E-state index contributed by atoms with van der Waals surface area (Å²) in [6.07, 6.45) is 12.1. The summed E-state index contributed by atoms with van der Waals surface area (Å²) < 4.78 is 10.5. The van der Waals surface area contributed by atoms with Crippen LogP contribution in [0.2, 0.25) is 0 Å². The number of aldehydes is 1. The fourth-order valence-corrected chi connectivity index (χ4v) is 2.80. The molecule has 1 rings (SSSR count). The van der Waals surface area contributed by atoms with E-state index in [0.717, 1.165) is 57.4 Å². The molecule has 2 N–H and O–H groups in total. The number of carbonyl (C=O) groups is 1. The molecule has 1 aromatic carbocycles. The van der Waals surface area contributed by atoms with E-state index in [1.165, 1.54) is 50.8 Å². The molecule has 5 nitrogen and oxygen atoms in total. The average molecular weight is 453 g/mol. The van der Waals surface area contributed by atoms with Gasteiger partial charge in [-0.25, -0.2) is 0 Å². The van der Waals surface area contributed by atoms with Gasteiger partial charge in [0.1, 0.15) is 12.0 Å². The maximum atomic E-state index is 9.92. The fourth-order valence-electron chi connectivity index (χ4n) is 2.80. The fraction of sp³-hybridized carbons (Fsp3) is 0.741. The van der Waals surface area contributed by atoms with E-state index in [1.54, 1.807) is 7.11 Å². The van der Waals surface area contributed by atoms with Crippen LogP contribution in [0.1, 0.15) is 84.1 Å². The third-order valence-corrected chi connectivity index (χ3v) is 4.94. The number of nitrogens with two attached hydrogens (primary N) is 1. The second-order valence-corrected chi connectivity index (χ2v) is 8.00. The van der Waals surface area contributed by atoms with Gasteiger partial charge in [0.2, 0.25) is 0 Å². The zero-order chi connectivity index (χ0) is 24.3. The van der Waals surface area contributed by atoms with E-state index in [4.69, 9.17) is 15.2 Å². The number of unbranched alkanes of at least 4 members (excludes halogenated alkanes) is 6. The smallest absolute Gasteiger partial charge is 0.119 e. The van der Waals surface area contributed by atoms with Crippen molar-refractivity contribution >= 4 is 6.29 Å². The molecule has 1 aromatic rings. The molecule has 0 unspecified atom stereocenters. The summed E-state index contributed by atoms with van der Waals surface area (Å²) in [6, 6.07) is 8.18. The summed E-state index contributed by atoms with van der Waals surface area (Å²) in [5.41, 5.74) is 6.74. The van der Waals surface area contributed by atoms with Crippen LogP contribution in [0.5, 0.6) is 5.75 Å². The highest BCUT2D eigenvalue weighted by atomic mass is 16.5. The molecular formula is C27H52N2O3. The predicted molar refractivity (Wildman–Crippen MR) is 139 cm³/mol. The summed E-state index contributed by atoms with van der Waals surface area (Å²) in [5, 5.41) is 0. The van der Waals surface area contributed by atoms with Crippen LogP contribution >= 0.6 is 0 Å². The maximum Gasteiger partial charge on any atom is 0.119 e. The van der Waals surface area contributed by atoms with Gasteiger partial charge in [0.25, 0.3) is 0 Å². The van der Waals surface area contributed by atoms with Crippen molar-refractivity contribution in [3.63, 3.8) is 0 Å². The first-order valence-corrected chi connectivity index (χ1v) is 12.6. The largest absolute Gasteiger partial charge is 0.494 e. The molecule has 0 heterocycles. The molecule has 0 radical (unpaired) electrons. The zero-order valence-electron chi connectivity index (χ0n) is 21.7. The minimum absolute atomic E-state index is 0.704. The average Bonchev–Trinajstić information content (AvgIpc) is 2.81. The molecule has 0 aromatic heterocycles. The van der Waals surface area contributed by atoms with Crippen molar-refractivity contribution in [3.8, 4) is 5.75 Å². The normalized spacial score (nSPS) is 10.1. The second-order valence-electron chi connectivity index (χ2n) is 8.00. The molecule has 0 spiro atoms. The lowest BCUT2D eigenvalue weighted by Crippen LogP contribution is -2.17. The number of methoxy groups -OCH3 is 1. The Bertz CT molecular complexity index is 480. The number of ether oxygens (including phenoxy) is 2. The van der Waals surface area contributed by atoms with Crippen LogP contribution in [0.4, 0.5) is 0 Å². The predicted octanol–water partition coefficient (Wildman–Crippen LogP) is 5.89. The Hall–Kier alpha value is -1.43. The van der Waals surface area contributed by atoms with Crippen molar-refractivity contribution in [2.75, 3.05) is 47.0 Å². The molecule has 0 atom stereocenters. The molecule has 188 valence electrons. The van der Waals surface area contributed by atoms with E-state index in [2.05, 4.69) is 44.9 Å². The third-order valence-electron chi connectivity index (χ3n) is 4.94. The number of hydrogen-bond acceptors (Lipinski definition) is 5. The first-order chi connectivity index (χ1) is 15.6. The van der Waals surface area contributed by atoms with E-state index in [0.29, 0.717) is 6.54 Å². The molecular weight excluding hydrogens is 400 g/mol. The van der Waals surface area contributed by atoms with Gasteiger partial charge in [0, 0.05) is 20.1 Å². The van der Waals surface area contributed by atoms with Crippen LogP contribution in [0, 0.1) is 0 Å². The molecule has 32 heavy (non-hydrogen) atoms. The lowest BCUT2D eigenvalue weighted by atomic mass is 10.1. The van der Waals surface area contributed by atoms with Crippen molar-refractivity contribution in [1.29, 1.82) is 0 Å². The van der Waals surface area contributed by atoms with E-state index >= 15 is 0 Å². The number of nitrogens with zero attached hydrogens (tertiary/aromatic N) is 1. The second kappa shape index (κ2) is 27.6. The highest BCUT2D eigenvalue weighted by molar-refractivity contribution is 5.48. The van der Waals surface area contributed by atoms with E-state index < -0.39 is 0 Å². The van der Waals surface area contributed by atoms with Gasteiger partial charge in [-0.1, -0.05) is 58.6 Å². The summed E-state index contributed by atoms with van der Waals surface area (Å²) >= 11 is 0.